The van der Waals surface area contributed by atoms with Gasteiger partial charge in [-0.1, -0.05) is 6.07 Å². The van der Waals surface area contributed by atoms with Crippen molar-refractivity contribution in [2.75, 3.05) is 39.3 Å². The van der Waals surface area contributed by atoms with Gasteiger partial charge < -0.3 is 4.90 Å². The molecule has 8 nitrogen and oxygen atoms in total. The van der Waals surface area contributed by atoms with Gasteiger partial charge in [0.05, 0.1) is 9.79 Å². The molecule has 4 rings (SSSR count). The Hall–Kier alpha value is -2.34. The van der Waals surface area contributed by atoms with Gasteiger partial charge in [0.2, 0.25) is 20.0 Å². The summed E-state index contributed by atoms with van der Waals surface area (Å²) in [4.78, 5) is 14.8. The molecule has 1 amide bonds. The number of carbonyl (C=O) groups is 1. The van der Waals surface area contributed by atoms with Gasteiger partial charge >= 0.3 is 0 Å². The molecule has 0 aromatic heterocycles. The molecule has 0 spiro atoms. The predicted molar refractivity (Wildman–Crippen MR) is 120 cm³/mol. The van der Waals surface area contributed by atoms with E-state index in [0.717, 1.165) is 25.0 Å². The van der Waals surface area contributed by atoms with Crippen LogP contribution < -0.4 is 0 Å². The summed E-state index contributed by atoms with van der Waals surface area (Å²) in [6.45, 7) is 1.79. The fourth-order valence-electron chi connectivity index (χ4n) is 4.14. The van der Waals surface area contributed by atoms with Crippen molar-refractivity contribution >= 4 is 26.0 Å². The minimum Gasteiger partial charge on any atom is -0.337 e. The standard InChI is InChI=1S/C22H26FN3O5S2/c23-19-7-9-20(10-8-19)32(28,29)26-14-4-11-24(15-16-26)22(27)18-5-3-6-21(17-18)33(30,31)25-12-1-2-13-25/h3,5-10,17H,1-2,4,11-16H2. The van der Waals surface area contributed by atoms with Crippen molar-refractivity contribution in [2.45, 2.75) is 29.1 Å². The van der Waals surface area contributed by atoms with Crippen LogP contribution in [0.4, 0.5) is 4.39 Å². The summed E-state index contributed by atoms with van der Waals surface area (Å²) in [5.74, 6) is -0.856. The van der Waals surface area contributed by atoms with E-state index in [-0.39, 0.29) is 40.9 Å². The van der Waals surface area contributed by atoms with Crippen LogP contribution >= 0.6 is 0 Å². The SMILES string of the molecule is O=C(c1cccc(S(=O)(=O)N2CCCC2)c1)N1CCCN(S(=O)(=O)c2ccc(F)cc2)CC1. The van der Waals surface area contributed by atoms with Crippen molar-refractivity contribution in [3.63, 3.8) is 0 Å². The first-order valence-corrected chi connectivity index (χ1v) is 13.7. The molecule has 2 saturated heterocycles. The van der Waals surface area contributed by atoms with E-state index in [9.17, 15) is 26.0 Å². The molecule has 2 aliphatic heterocycles. The topological polar surface area (TPSA) is 95.1 Å². The number of amides is 1. The second kappa shape index (κ2) is 9.49. The van der Waals surface area contributed by atoms with Crippen LogP contribution in [-0.4, -0.2) is 75.5 Å². The van der Waals surface area contributed by atoms with Crippen molar-refractivity contribution in [1.82, 2.24) is 13.5 Å². The zero-order chi connectivity index (χ0) is 23.6. The number of halogens is 1. The third-order valence-corrected chi connectivity index (χ3v) is 9.78. The summed E-state index contributed by atoms with van der Waals surface area (Å²) < 4.78 is 67.4. The van der Waals surface area contributed by atoms with Crippen LogP contribution in [0.5, 0.6) is 0 Å². The summed E-state index contributed by atoms with van der Waals surface area (Å²) in [6.07, 6.45) is 2.07. The Morgan fingerprint density at radius 1 is 0.697 bits per heavy atom. The number of hydrogen-bond donors (Lipinski definition) is 0. The smallest absolute Gasteiger partial charge is 0.253 e. The molecule has 178 valence electrons. The molecule has 0 aliphatic carbocycles. The van der Waals surface area contributed by atoms with Crippen molar-refractivity contribution in [3.8, 4) is 0 Å². The first-order valence-electron chi connectivity index (χ1n) is 10.8. The third-order valence-electron chi connectivity index (χ3n) is 5.98. The highest BCUT2D eigenvalue weighted by Crippen LogP contribution is 2.23. The summed E-state index contributed by atoms with van der Waals surface area (Å²) in [6, 6.07) is 10.7. The second-order valence-corrected chi connectivity index (χ2v) is 12.0. The molecular weight excluding hydrogens is 469 g/mol. The van der Waals surface area contributed by atoms with E-state index in [4.69, 9.17) is 0 Å². The summed E-state index contributed by atoms with van der Waals surface area (Å²) in [5.41, 5.74) is 0.255. The van der Waals surface area contributed by atoms with Gasteiger partial charge in [-0.25, -0.2) is 21.2 Å². The molecular formula is C22H26FN3O5S2. The average Bonchev–Trinajstić information content (AvgIpc) is 3.24. The van der Waals surface area contributed by atoms with Gasteiger partial charge in [-0.2, -0.15) is 8.61 Å². The van der Waals surface area contributed by atoms with Crippen molar-refractivity contribution in [2.24, 2.45) is 0 Å². The number of rotatable bonds is 5. The summed E-state index contributed by atoms with van der Waals surface area (Å²) in [5, 5.41) is 0. The molecule has 11 heteroatoms. The molecule has 2 aromatic carbocycles. The maximum Gasteiger partial charge on any atom is 0.253 e. The van der Waals surface area contributed by atoms with Crippen LogP contribution in [0.2, 0.25) is 0 Å². The quantitative estimate of drug-likeness (QED) is 0.634. The Labute approximate surface area is 193 Å². The molecule has 2 heterocycles. The molecule has 0 radical (unpaired) electrons. The van der Waals surface area contributed by atoms with Crippen molar-refractivity contribution in [1.29, 1.82) is 0 Å². The van der Waals surface area contributed by atoms with Gasteiger partial charge in [-0.05, 0) is 61.7 Å². The molecule has 33 heavy (non-hydrogen) atoms. The Morgan fingerprint density at radius 3 is 2.00 bits per heavy atom. The minimum atomic E-state index is -3.81. The largest absolute Gasteiger partial charge is 0.337 e. The zero-order valence-electron chi connectivity index (χ0n) is 18.1. The first kappa shape index (κ1) is 23.8. The molecule has 2 aromatic rings. The Balaban J connectivity index is 1.48. The molecule has 0 unspecified atom stereocenters. The maximum absolute atomic E-state index is 13.2. The van der Waals surface area contributed by atoms with Gasteiger partial charge in [-0.3, -0.25) is 4.79 Å². The Morgan fingerprint density at radius 2 is 1.30 bits per heavy atom. The Kier molecular flexibility index (Phi) is 6.85. The van der Waals surface area contributed by atoms with Crippen LogP contribution in [0.1, 0.15) is 29.6 Å². The molecule has 0 N–H and O–H groups in total. The van der Waals surface area contributed by atoms with E-state index >= 15 is 0 Å². The van der Waals surface area contributed by atoms with E-state index in [2.05, 4.69) is 0 Å². The number of carbonyl (C=O) groups excluding carboxylic acids is 1. The number of sulfonamides is 2. The van der Waals surface area contributed by atoms with E-state index in [0.29, 0.717) is 26.1 Å². The molecule has 0 bridgehead atoms. The van der Waals surface area contributed by atoms with E-state index in [1.54, 1.807) is 17.0 Å². The maximum atomic E-state index is 13.2. The second-order valence-electron chi connectivity index (χ2n) is 8.14. The van der Waals surface area contributed by atoms with E-state index in [1.165, 1.54) is 32.9 Å². The van der Waals surface area contributed by atoms with Gasteiger partial charge in [0.1, 0.15) is 5.82 Å². The van der Waals surface area contributed by atoms with Gasteiger partial charge in [-0.15, -0.1) is 0 Å². The molecule has 0 atom stereocenters. The fourth-order valence-corrected chi connectivity index (χ4v) is 7.18. The normalized spacial score (nSPS) is 18.9. The molecule has 2 aliphatic rings. The lowest BCUT2D eigenvalue weighted by atomic mass is 10.2. The van der Waals surface area contributed by atoms with Gasteiger partial charge in [0.25, 0.3) is 5.91 Å². The molecule has 2 fully saturated rings. The number of nitrogens with zero attached hydrogens (tertiary/aromatic N) is 3. The van der Waals surface area contributed by atoms with Gasteiger partial charge in [0, 0.05) is 44.8 Å². The van der Waals surface area contributed by atoms with Gasteiger partial charge in [0.15, 0.2) is 0 Å². The Bertz CT molecular complexity index is 1230. The zero-order valence-corrected chi connectivity index (χ0v) is 19.7. The highest BCUT2D eigenvalue weighted by Gasteiger charge is 2.30. The fraction of sp³-hybridized carbons (Fsp3) is 0.409. The predicted octanol–water partition coefficient (Wildman–Crippen LogP) is 2.15. The van der Waals surface area contributed by atoms with Crippen LogP contribution in [0, 0.1) is 5.82 Å². The van der Waals surface area contributed by atoms with Crippen molar-refractivity contribution < 1.29 is 26.0 Å². The number of benzene rings is 2. The lowest BCUT2D eigenvalue weighted by molar-refractivity contribution is 0.0764. The van der Waals surface area contributed by atoms with E-state index in [1.807, 2.05) is 0 Å². The minimum absolute atomic E-state index is 0.00324. The first-order chi connectivity index (χ1) is 15.7. The summed E-state index contributed by atoms with van der Waals surface area (Å²) >= 11 is 0. The monoisotopic (exact) mass is 495 g/mol. The third kappa shape index (κ3) is 4.96. The highest BCUT2D eigenvalue weighted by molar-refractivity contribution is 7.89. The lowest BCUT2D eigenvalue weighted by Gasteiger charge is -2.22. The number of hydrogen-bond acceptors (Lipinski definition) is 5. The van der Waals surface area contributed by atoms with E-state index < -0.39 is 25.9 Å². The van der Waals surface area contributed by atoms with Crippen LogP contribution in [0.3, 0.4) is 0 Å². The van der Waals surface area contributed by atoms with Crippen LogP contribution in [0.15, 0.2) is 58.3 Å². The van der Waals surface area contributed by atoms with Crippen molar-refractivity contribution in [3.05, 3.63) is 59.9 Å². The van der Waals surface area contributed by atoms with Crippen LogP contribution in [-0.2, 0) is 20.0 Å². The summed E-state index contributed by atoms with van der Waals surface area (Å²) in [7, 11) is -7.45. The van der Waals surface area contributed by atoms with Crippen LogP contribution in [0.25, 0.3) is 0 Å². The molecule has 0 saturated carbocycles. The average molecular weight is 496 g/mol. The lowest BCUT2D eigenvalue weighted by Crippen LogP contribution is -2.37. The highest BCUT2D eigenvalue weighted by atomic mass is 32.2.